The van der Waals surface area contributed by atoms with E-state index >= 15 is 0 Å². The number of carbonyl (C=O) groups is 1. The maximum absolute atomic E-state index is 10.7. The van der Waals surface area contributed by atoms with Gasteiger partial charge in [-0.15, -0.1) is 0 Å². The molecule has 0 radical (unpaired) electrons. The molecule has 2 N–H and O–H groups in total. The molecule has 60 valence electrons. The van der Waals surface area contributed by atoms with Crippen molar-refractivity contribution in [1.29, 1.82) is 0 Å². The van der Waals surface area contributed by atoms with Crippen LogP contribution in [0.4, 0.5) is 0 Å². The lowest BCUT2D eigenvalue weighted by atomic mass is 10.0. The largest absolute Gasteiger partial charge is 0.392 e. The van der Waals surface area contributed by atoms with Crippen LogP contribution in [-0.4, -0.2) is 24.2 Å². The summed E-state index contributed by atoms with van der Waals surface area (Å²) < 4.78 is 0. The Hall–Kier alpha value is -0.570. The number of hydrogen-bond acceptors (Lipinski definition) is 2. The van der Waals surface area contributed by atoms with Gasteiger partial charge in [-0.25, -0.2) is 0 Å². The van der Waals surface area contributed by atoms with Gasteiger partial charge in [0.05, 0.1) is 12.5 Å². The van der Waals surface area contributed by atoms with Gasteiger partial charge in [-0.05, 0) is 5.92 Å². The molecule has 3 heteroatoms. The maximum atomic E-state index is 10.7. The molecule has 0 aromatic heterocycles. The monoisotopic (exact) mass is 145 g/mol. The van der Waals surface area contributed by atoms with Crippen molar-refractivity contribution in [3.05, 3.63) is 0 Å². The molecule has 0 unspecified atom stereocenters. The molecule has 0 fully saturated rings. The van der Waals surface area contributed by atoms with Gasteiger partial charge in [-0.1, -0.05) is 13.8 Å². The van der Waals surface area contributed by atoms with Gasteiger partial charge < -0.3 is 10.4 Å². The molecular formula is C7H15NO2. The molecule has 0 aliphatic carbocycles. The van der Waals surface area contributed by atoms with Gasteiger partial charge in [0.1, 0.15) is 0 Å². The maximum Gasteiger partial charge on any atom is 0.222 e. The van der Waals surface area contributed by atoms with E-state index in [0.29, 0.717) is 0 Å². The molecule has 1 amide bonds. The fourth-order valence-electron chi connectivity index (χ4n) is 0.528. The minimum absolute atomic E-state index is 0.110. The van der Waals surface area contributed by atoms with Gasteiger partial charge in [0, 0.05) is 7.05 Å². The normalized spacial score (nSPS) is 13.3. The average Bonchev–Trinajstić information content (AvgIpc) is 1.87. The molecule has 0 aliphatic heterocycles. The van der Waals surface area contributed by atoms with Crippen molar-refractivity contribution in [2.24, 2.45) is 5.92 Å². The van der Waals surface area contributed by atoms with Crippen LogP contribution in [0.25, 0.3) is 0 Å². The van der Waals surface area contributed by atoms with Gasteiger partial charge in [0.2, 0.25) is 5.91 Å². The first kappa shape index (κ1) is 9.43. The first-order chi connectivity index (χ1) is 4.57. The lowest BCUT2D eigenvalue weighted by molar-refractivity contribution is -0.123. The fraction of sp³-hybridized carbons (Fsp3) is 0.857. The van der Waals surface area contributed by atoms with Crippen LogP contribution in [0.15, 0.2) is 0 Å². The van der Waals surface area contributed by atoms with E-state index in [1.807, 2.05) is 13.8 Å². The number of amides is 1. The predicted octanol–water partition coefficient (Wildman–Crippen LogP) is 0.139. The molecule has 10 heavy (non-hydrogen) atoms. The number of hydrogen-bond donors (Lipinski definition) is 2. The molecule has 0 saturated heterocycles. The van der Waals surface area contributed by atoms with E-state index in [-0.39, 0.29) is 18.2 Å². The Morgan fingerprint density at radius 2 is 2.10 bits per heavy atom. The highest BCUT2D eigenvalue weighted by Gasteiger charge is 2.12. The molecule has 0 aliphatic rings. The van der Waals surface area contributed by atoms with Crippen molar-refractivity contribution in [3.8, 4) is 0 Å². The number of carbonyl (C=O) groups excluding carboxylic acids is 1. The van der Waals surface area contributed by atoms with Crippen LogP contribution in [0.2, 0.25) is 0 Å². The Labute approximate surface area is 61.4 Å². The second-order valence-electron chi connectivity index (χ2n) is 2.69. The van der Waals surface area contributed by atoms with Crippen LogP contribution in [-0.2, 0) is 4.79 Å². The van der Waals surface area contributed by atoms with E-state index in [9.17, 15) is 4.79 Å². The van der Waals surface area contributed by atoms with E-state index in [4.69, 9.17) is 5.11 Å². The van der Waals surface area contributed by atoms with E-state index in [2.05, 4.69) is 5.32 Å². The van der Waals surface area contributed by atoms with Gasteiger partial charge in [0.15, 0.2) is 0 Å². The Balaban J connectivity index is 3.57. The van der Waals surface area contributed by atoms with Crippen molar-refractivity contribution in [2.75, 3.05) is 7.05 Å². The summed E-state index contributed by atoms with van der Waals surface area (Å²) in [5, 5.41) is 11.6. The van der Waals surface area contributed by atoms with Gasteiger partial charge in [-0.3, -0.25) is 4.79 Å². The number of rotatable bonds is 3. The second kappa shape index (κ2) is 4.28. The minimum atomic E-state index is -0.514. The Morgan fingerprint density at radius 1 is 1.60 bits per heavy atom. The number of nitrogens with one attached hydrogen (secondary N) is 1. The summed E-state index contributed by atoms with van der Waals surface area (Å²) in [5.41, 5.74) is 0. The van der Waals surface area contributed by atoms with Crippen LogP contribution in [0.5, 0.6) is 0 Å². The topological polar surface area (TPSA) is 49.3 Å². The van der Waals surface area contributed by atoms with Crippen molar-refractivity contribution < 1.29 is 9.90 Å². The van der Waals surface area contributed by atoms with Gasteiger partial charge in [0.25, 0.3) is 0 Å². The van der Waals surface area contributed by atoms with Crippen molar-refractivity contribution >= 4 is 5.91 Å². The summed E-state index contributed by atoms with van der Waals surface area (Å²) in [6.45, 7) is 3.77. The Bertz CT molecular complexity index is 112. The zero-order chi connectivity index (χ0) is 8.15. The number of aliphatic hydroxyl groups excluding tert-OH is 1. The smallest absolute Gasteiger partial charge is 0.222 e. The fourth-order valence-corrected chi connectivity index (χ4v) is 0.528. The summed E-state index contributed by atoms with van der Waals surface area (Å²) in [5.74, 6) is 0.0403. The molecule has 0 aromatic rings. The first-order valence-electron chi connectivity index (χ1n) is 3.46. The number of aliphatic hydroxyl groups is 1. The van der Waals surface area contributed by atoms with Gasteiger partial charge >= 0.3 is 0 Å². The van der Waals surface area contributed by atoms with E-state index in [1.165, 1.54) is 0 Å². The molecule has 0 heterocycles. The zero-order valence-electron chi connectivity index (χ0n) is 6.72. The third-order valence-corrected chi connectivity index (χ3v) is 1.44. The van der Waals surface area contributed by atoms with Crippen LogP contribution >= 0.6 is 0 Å². The standard InChI is InChI=1S/C7H15NO2/c1-5(2)6(9)4-7(10)8-3/h5-6,9H,4H2,1-3H3,(H,8,10)/t6-/m0/s1. The van der Waals surface area contributed by atoms with E-state index in [0.717, 1.165) is 0 Å². The quantitative estimate of drug-likeness (QED) is 0.593. The summed E-state index contributed by atoms with van der Waals surface area (Å²) >= 11 is 0. The Kier molecular flexibility index (Phi) is 4.03. The lowest BCUT2D eigenvalue weighted by Gasteiger charge is -2.12. The van der Waals surface area contributed by atoms with E-state index < -0.39 is 6.10 Å². The predicted molar refractivity (Wildman–Crippen MR) is 39.5 cm³/mol. The molecular weight excluding hydrogens is 130 g/mol. The highest BCUT2D eigenvalue weighted by Crippen LogP contribution is 2.04. The van der Waals surface area contributed by atoms with E-state index in [1.54, 1.807) is 7.05 Å². The lowest BCUT2D eigenvalue weighted by Crippen LogP contribution is -2.26. The minimum Gasteiger partial charge on any atom is -0.392 e. The molecule has 0 aromatic carbocycles. The molecule has 3 nitrogen and oxygen atoms in total. The third kappa shape index (κ3) is 3.45. The van der Waals surface area contributed by atoms with Crippen LogP contribution in [0, 0.1) is 5.92 Å². The van der Waals surface area contributed by atoms with Crippen molar-refractivity contribution in [2.45, 2.75) is 26.4 Å². The summed E-state index contributed by atoms with van der Waals surface area (Å²) in [7, 11) is 1.56. The zero-order valence-corrected chi connectivity index (χ0v) is 6.72. The van der Waals surface area contributed by atoms with Crippen LogP contribution < -0.4 is 5.32 Å². The van der Waals surface area contributed by atoms with Crippen molar-refractivity contribution in [1.82, 2.24) is 5.32 Å². The molecule has 0 saturated carbocycles. The van der Waals surface area contributed by atoms with Crippen LogP contribution in [0.1, 0.15) is 20.3 Å². The molecule has 0 spiro atoms. The SMILES string of the molecule is CNC(=O)C[C@H](O)C(C)C. The first-order valence-corrected chi connectivity index (χ1v) is 3.46. The second-order valence-corrected chi connectivity index (χ2v) is 2.69. The summed E-state index contributed by atoms with van der Waals surface area (Å²) in [4.78, 5) is 10.7. The highest BCUT2D eigenvalue weighted by molar-refractivity contribution is 5.75. The Morgan fingerprint density at radius 3 is 2.40 bits per heavy atom. The third-order valence-electron chi connectivity index (χ3n) is 1.44. The molecule has 0 rings (SSSR count). The summed E-state index contributed by atoms with van der Waals surface area (Å²) in [6, 6.07) is 0. The van der Waals surface area contributed by atoms with Crippen LogP contribution in [0.3, 0.4) is 0 Å². The molecule has 1 atom stereocenters. The summed E-state index contributed by atoms with van der Waals surface area (Å²) in [6.07, 6.45) is -0.311. The van der Waals surface area contributed by atoms with Gasteiger partial charge in [-0.2, -0.15) is 0 Å². The molecule has 0 bridgehead atoms. The average molecular weight is 145 g/mol. The highest BCUT2D eigenvalue weighted by atomic mass is 16.3. The van der Waals surface area contributed by atoms with Crippen molar-refractivity contribution in [3.63, 3.8) is 0 Å².